The lowest BCUT2D eigenvalue weighted by Crippen LogP contribution is -2.17. The molecule has 3 rings (SSSR count). The Balaban J connectivity index is 2.16. The van der Waals surface area contributed by atoms with Crippen LogP contribution in [0.4, 0.5) is 14.5 Å². The first kappa shape index (κ1) is 19.4. The molecule has 0 aliphatic heterocycles. The minimum absolute atomic E-state index is 0.136. The summed E-state index contributed by atoms with van der Waals surface area (Å²) in [5.41, 5.74) is 7.21. The molecule has 0 saturated carbocycles. The Morgan fingerprint density at radius 3 is 2.36 bits per heavy atom. The molecule has 0 aliphatic carbocycles. The van der Waals surface area contributed by atoms with Gasteiger partial charge >= 0.3 is 0 Å². The number of benzene rings is 2. The molecule has 0 bridgehead atoms. The van der Waals surface area contributed by atoms with Gasteiger partial charge in [0.25, 0.3) is 5.56 Å². The molecule has 0 fully saturated rings. The second-order valence-electron chi connectivity index (χ2n) is 6.60. The zero-order chi connectivity index (χ0) is 20.4. The Morgan fingerprint density at radius 2 is 1.68 bits per heavy atom. The highest BCUT2D eigenvalue weighted by molar-refractivity contribution is 5.78. The van der Waals surface area contributed by atoms with Gasteiger partial charge in [0.2, 0.25) is 0 Å². The predicted octanol–water partition coefficient (Wildman–Crippen LogP) is 4.49. The summed E-state index contributed by atoms with van der Waals surface area (Å²) in [4.78, 5) is 12.1. The van der Waals surface area contributed by atoms with Crippen molar-refractivity contribution in [3.8, 4) is 28.4 Å². The van der Waals surface area contributed by atoms with Crippen LogP contribution in [0.2, 0.25) is 0 Å². The smallest absolute Gasteiger partial charge is 0.254 e. The highest BCUT2D eigenvalue weighted by atomic mass is 19.1. The molecule has 0 spiro atoms. The molecular formula is C21H20F2N2O3. The van der Waals surface area contributed by atoms with Gasteiger partial charge in [0.05, 0.1) is 6.10 Å². The van der Waals surface area contributed by atoms with E-state index >= 15 is 0 Å². The van der Waals surface area contributed by atoms with Crippen LogP contribution in [-0.4, -0.2) is 10.7 Å². The maximum absolute atomic E-state index is 14.1. The van der Waals surface area contributed by atoms with E-state index in [4.69, 9.17) is 15.2 Å². The van der Waals surface area contributed by atoms with Gasteiger partial charge in [-0.1, -0.05) is 0 Å². The third kappa shape index (κ3) is 4.14. The summed E-state index contributed by atoms with van der Waals surface area (Å²) in [6, 6.07) is 9.26. The minimum Gasteiger partial charge on any atom is -0.490 e. The first-order valence-corrected chi connectivity index (χ1v) is 8.64. The van der Waals surface area contributed by atoms with Crippen molar-refractivity contribution < 1.29 is 18.3 Å². The Morgan fingerprint density at radius 1 is 0.964 bits per heavy atom. The number of ether oxygens (including phenoxy) is 2. The van der Waals surface area contributed by atoms with E-state index in [2.05, 4.69) is 0 Å². The van der Waals surface area contributed by atoms with Gasteiger partial charge in [-0.05, 0) is 44.2 Å². The molecule has 0 saturated heterocycles. The van der Waals surface area contributed by atoms with Crippen molar-refractivity contribution in [2.45, 2.75) is 20.0 Å². The lowest BCUT2D eigenvalue weighted by atomic mass is 10.0. The van der Waals surface area contributed by atoms with Crippen LogP contribution in [0.25, 0.3) is 11.1 Å². The second-order valence-corrected chi connectivity index (χ2v) is 6.60. The van der Waals surface area contributed by atoms with Gasteiger partial charge in [0, 0.05) is 42.2 Å². The third-order valence-electron chi connectivity index (χ3n) is 3.96. The van der Waals surface area contributed by atoms with Crippen LogP contribution in [0.5, 0.6) is 17.2 Å². The number of halogens is 2. The van der Waals surface area contributed by atoms with Crippen LogP contribution >= 0.6 is 0 Å². The van der Waals surface area contributed by atoms with Crippen molar-refractivity contribution in [3.63, 3.8) is 0 Å². The van der Waals surface area contributed by atoms with Gasteiger partial charge in [0.15, 0.2) is 11.6 Å². The summed E-state index contributed by atoms with van der Waals surface area (Å²) in [5.74, 6) is -1.03. The molecule has 146 valence electrons. The summed E-state index contributed by atoms with van der Waals surface area (Å²) in [6.45, 7) is 3.68. The van der Waals surface area contributed by atoms with E-state index in [1.807, 2.05) is 13.8 Å². The van der Waals surface area contributed by atoms with Crippen molar-refractivity contribution >= 4 is 5.69 Å². The molecule has 5 nitrogen and oxygen atoms in total. The lowest BCUT2D eigenvalue weighted by Gasteiger charge is -2.18. The normalized spacial score (nSPS) is 10.9. The summed E-state index contributed by atoms with van der Waals surface area (Å²) >= 11 is 0. The number of rotatable bonds is 5. The SMILES string of the molecule is CC(C)Oc1cc(=O)n(C)cc1-c1cc(N)ccc1Oc1ccc(F)cc1F. The van der Waals surface area contributed by atoms with Gasteiger partial charge in [0.1, 0.15) is 17.3 Å². The fourth-order valence-electron chi connectivity index (χ4n) is 2.69. The fourth-order valence-corrected chi connectivity index (χ4v) is 2.69. The van der Waals surface area contributed by atoms with Gasteiger partial charge in [-0.25, -0.2) is 8.78 Å². The number of nitrogens with two attached hydrogens (primary N) is 1. The molecule has 0 amide bonds. The van der Waals surface area contributed by atoms with E-state index in [0.717, 1.165) is 12.1 Å². The molecule has 2 N–H and O–H groups in total. The van der Waals surface area contributed by atoms with Crippen molar-refractivity contribution in [2.75, 3.05) is 5.73 Å². The molecular weight excluding hydrogens is 366 g/mol. The molecule has 0 unspecified atom stereocenters. The van der Waals surface area contributed by atoms with Crippen LogP contribution in [0.15, 0.2) is 53.5 Å². The maximum Gasteiger partial charge on any atom is 0.254 e. The molecule has 2 aromatic carbocycles. The summed E-state index contributed by atoms with van der Waals surface area (Å²) in [6.07, 6.45) is 1.42. The molecule has 3 aromatic rings. The summed E-state index contributed by atoms with van der Waals surface area (Å²) in [5, 5.41) is 0. The molecule has 7 heteroatoms. The Labute approximate surface area is 160 Å². The first-order valence-electron chi connectivity index (χ1n) is 8.64. The molecule has 1 heterocycles. The molecule has 0 radical (unpaired) electrons. The number of hydrogen-bond donors (Lipinski definition) is 1. The Kier molecular flexibility index (Phi) is 5.35. The number of anilines is 1. The monoisotopic (exact) mass is 386 g/mol. The van der Waals surface area contributed by atoms with Crippen molar-refractivity contribution in [3.05, 3.63) is 70.6 Å². The van der Waals surface area contributed by atoms with E-state index in [9.17, 15) is 13.6 Å². The zero-order valence-electron chi connectivity index (χ0n) is 15.7. The Hall–Kier alpha value is -3.35. The average Bonchev–Trinajstić information content (AvgIpc) is 2.61. The predicted molar refractivity (Wildman–Crippen MR) is 104 cm³/mol. The number of nitrogen functional groups attached to an aromatic ring is 1. The number of nitrogens with zero attached hydrogens (tertiary/aromatic N) is 1. The third-order valence-corrected chi connectivity index (χ3v) is 3.96. The van der Waals surface area contributed by atoms with Crippen molar-refractivity contribution in [2.24, 2.45) is 7.05 Å². The number of aromatic nitrogens is 1. The van der Waals surface area contributed by atoms with Crippen molar-refractivity contribution in [1.82, 2.24) is 4.57 Å². The van der Waals surface area contributed by atoms with Crippen LogP contribution in [-0.2, 0) is 7.05 Å². The Bertz CT molecular complexity index is 1080. The van der Waals surface area contributed by atoms with E-state index in [1.165, 1.54) is 16.7 Å². The van der Waals surface area contributed by atoms with Crippen LogP contribution in [0.1, 0.15) is 13.8 Å². The fraction of sp³-hybridized carbons (Fsp3) is 0.190. The van der Waals surface area contributed by atoms with Gasteiger partial charge < -0.3 is 19.8 Å². The first-order chi connectivity index (χ1) is 13.2. The zero-order valence-corrected chi connectivity index (χ0v) is 15.7. The lowest BCUT2D eigenvalue weighted by molar-refractivity contribution is 0.242. The van der Waals surface area contributed by atoms with Crippen LogP contribution in [0, 0.1) is 11.6 Å². The highest BCUT2D eigenvalue weighted by Gasteiger charge is 2.17. The van der Waals surface area contributed by atoms with Crippen LogP contribution in [0.3, 0.4) is 0 Å². The molecule has 0 atom stereocenters. The number of aryl methyl sites for hydroxylation is 1. The average molecular weight is 386 g/mol. The maximum atomic E-state index is 14.1. The van der Waals surface area contributed by atoms with Gasteiger partial charge in [-0.2, -0.15) is 0 Å². The standard InChI is InChI=1S/C21H20F2N2O3/c1-12(2)27-20-10-21(26)25(3)11-16(20)15-9-14(24)5-7-18(15)28-19-6-4-13(22)8-17(19)23/h4-12H,24H2,1-3H3. The molecule has 1 aromatic heterocycles. The number of hydrogen-bond acceptors (Lipinski definition) is 4. The van der Waals surface area contributed by atoms with Crippen molar-refractivity contribution in [1.29, 1.82) is 0 Å². The summed E-state index contributed by atoms with van der Waals surface area (Å²) in [7, 11) is 1.61. The topological polar surface area (TPSA) is 66.5 Å². The van der Waals surface area contributed by atoms with Crippen LogP contribution < -0.4 is 20.8 Å². The minimum atomic E-state index is -0.832. The summed E-state index contributed by atoms with van der Waals surface area (Å²) < 4.78 is 40.1. The van der Waals surface area contributed by atoms with E-state index < -0.39 is 11.6 Å². The van der Waals surface area contributed by atoms with E-state index in [0.29, 0.717) is 22.6 Å². The molecule has 0 aliphatic rings. The second kappa shape index (κ2) is 7.72. The van der Waals surface area contributed by atoms with Gasteiger partial charge in [-0.3, -0.25) is 4.79 Å². The van der Waals surface area contributed by atoms with E-state index in [-0.39, 0.29) is 23.2 Å². The quantitative estimate of drug-likeness (QED) is 0.656. The largest absolute Gasteiger partial charge is 0.490 e. The highest BCUT2D eigenvalue weighted by Crippen LogP contribution is 2.39. The number of pyridine rings is 1. The van der Waals surface area contributed by atoms with E-state index in [1.54, 1.807) is 31.4 Å². The van der Waals surface area contributed by atoms with Gasteiger partial charge in [-0.15, -0.1) is 0 Å². The molecule has 28 heavy (non-hydrogen) atoms.